The molecule has 0 amide bonds. The van der Waals surface area contributed by atoms with E-state index in [4.69, 9.17) is 4.74 Å². The number of fused-ring (bicyclic) bond motifs is 1. The van der Waals surface area contributed by atoms with Gasteiger partial charge in [0.15, 0.2) is 0 Å². The molecule has 1 unspecified atom stereocenters. The van der Waals surface area contributed by atoms with Gasteiger partial charge in [0.1, 0.15) is 18.1 Å². The molecule has 0 radical (unpaired) electrons. The van der Waals surface area contributed by atoms with Gasteiger partial charge in [-0.1, -0.05) is 13.0 Å². The largest absolute Gasteiger partial charge is 0.508 e. The zero-order valence-corrected chi connectivity index (χ0v) is 11.0. The molecule has 4 heteroatoms. The summed E-state index contributed by atoms with van der Waals surface area (Å²) in [6.45, 7) is 3.78. The Morgan fingerprint density at radius 1 is 1.47 bits per heavy atom. The molecule has 0 spiro atoms. The van der Waals surface area contributed by atoms with Crippen molar-refractivity contribution in [2.24, 2.45) is 5.92 Å². The lowest BCUT2D eigenvalue weighted by Crippen LogP contribution is -2.17. The van der Waals surface area contributed by atoms with Crippen molar-refractivity contribution in [1.29, 1.82) is 0 Å². The van der Waals surface area contributed by atoms with Crippen LogP contribution in [-0.4, -0.2) is 14.7 Å². The van der Waals surface area contributed by atoms with Crippen LogP contribution in [0.25, 0.3) is 0 Å². The molecule has 0 saturated carbocycles. The van der Waals surface area contributed by atoms with Gasteiger partial charge < -0.3 is 14.4 Å². The summed E-state index contributed by atoms with van der Waals surface area (Å²) >= 11 is 0. The number of aromatic nitrogens is 2. The maximum absolute atomic E-state index is 9.40. The number of hydrogen-bond donors (Lipinski definition) is 1. The Morgan fingerprint density at radius 2 is 2.37 bits per heavy atom. The quantitative estimate of drug-likeness (QED) is 0.920. The molecule has 1 aliphatic heterocycles. The van der Waals surface area contributed by atoms with Crippen LogP contribution in [0.5, 0.6) is 11.5 Å². The highest BCUT2D eigenvalue weighted by Gasteiger charge is 2.19. The van der Waals surface area contributed by atoms with Crippen molar-refractivity contribution in [3.8, 4) is 11.5 Å². The van der Waals surface area contributed by atoms with Crippen molar-refractivity contribution in [2.75, 3.05) is 0 Å². The van der Waals surface area contributed by atoms with Crippen molar-refractivity contribution in [2.45, 2.75) is 32.9 Å². The predicted octanol–water partition coefficient (Wildman–Crippen LogP) is 2.75. The van der Waals surface area contributed by atoms with Gasteiger partial charge in [0.05, 0.1) is 12.0 Å². The van der Waals surface area contributed by atoms with E-state index in [9.17, 15) is 5.11 Å². The number of hydrogen-bond acceptors (Lipinski definition) is 3. The summed E-state index contributed by atoms with van der Waals surface area (Å²) in [7, 11) is 0. The first kappa shape index (κ1) is 12.1. The van der Waals surface area contributed by atoms with Crippen LogP contribution in [0.2, 0.25) is 0 Å². The molecule has 100 valence electrons. The first-order valence-corrected chi connectivity index (χ1v) is 6.67. The van der Waals surface area contributed by atoms with Crippen molar-refractivity contribution in [3.05, 3.63) is 42.0 Å². The van der Waals surface area contributed by atoms with Gasteiger partial charge >= 0.3 is 0 Å². The third-order valence-electron chi connectivity index (χ3n) is 3.63. The van der Waals surface area contributed by atoms with E-state index in [1.807, 2.05) is 12.4 Å². The summed E-state index contributed by atoms with van der Waals surface area (Å²) in [6, 6.07) is 6.86. The number of aromatic hydroxyl groups is 1. The molecule has 19 heavy (non-hydrogen) atoms. The van der Waals surface area contributed by atoms with Gasteiger partial charge in [-0.2, -0.15) is 0 Å². The van der Waals surface area contributed by atoms with E-state index < -0.39 is 0 Å². The highest BCUT2D eigenvalue weighted by Crippen LogP contribution is 2.24. The minimum absolute atomic E-state index is 0.220. The fraction of sp³-hybridized carbons (Fsp3) is 0.400. The van der Waals surface area contributed by atoms with Gasteiger partial charge in [-0.05, 0) is 30.9 Å². The van der Waals surface area contributed by atoms with Gasteiger partial charge in [0.2, 0.25) is 0 Å². The highest BCUT2D eigenvalue weighted by molar-refractivity contribution is 5.32. The lowest BCUT2D eigenvalue weighted by molar-refractivity contribution is 0.296. The Bertz CT molecular complexity index is 577. The fourth-order valence-electron chi connectivity index (χ4n) is 2.51. The molecule has 1 aromatic carbocycles. The van der Waals surface area contributed by atoms with E-state index in [2.05, 4.69) is 16.5 Å². The van der Waals surface area contributed by atoms with E-state index in [1.165, 1.54) is 12.1 Å². The number of rotatable bonds is 3. The second-order valence-electron chi connectivity index (χ2n) is 5.22. The Labute approximate surface area is 112 Å². The molecule has 2 heterocycles. The predicted molar refractivity (Wildman–Crippen MR) is 72.2 cm³/mol. The zero-order chi connectivity index (χ0) is 13.2. The lowest BCUT2D eigenvalue weighted by atomic mass is 9.97. The Hall–Kier alpha value is -1.97. The topological polar surface area (TPSA) is 47.3 Å². The number of phenolic OH excluding ortho intramolecular Hbond substituents is 1. The molecule has 3 rings (SSSR count). The molecule has 0 aliphatic carbocycles. The standard InChI is InChI=1S/C15H18N2O2/c1-11-5-6-17-10-16-14(15(17)7-11)9-19-13-4-2-3-12(18)8-13/h2-4,8,10-11,18H,5-7,9H2,1H3. The number of benzene rings is 1. The maximum atomic E-state index is 9.40. The summed E-state index contributed by atoms with van der Waals surface area (Å²) in [5.74, 6) is 1.60. The second kappa shape index (κ2) is 4.96. The maximum Gasteiger partial charge on any atom is 0.132 e. The molecule has 4 nitrogen and oxygen atoms in total. The van der Waals surface area contributed by atoms with Crippen LogP contribution in [0.4, 0.5) is 0 Å². The molecular weight excluding hydrogens is 240 g/mol. The average Bonchev–Trinajstić information content (AvgIpc) is 2.79. The van der Waals surface area contributed by atoms with Crippen LogP contribution in [0.3, 0.4) is 0 Å². The van der Waals surface area contributed by atoms with Gasteiger partial charge in [0, 0.05) is 18.3 Å². The molecule has 1 N–H and O–H groups in total. The van der Waals surface area contributed by atoms with E-state index in [-0.39, 0.29) is 5.75 Å². The van der Waals surface area contributed by atoms with Gasteiger partial charge in [-0.25, -0.2) is 4.98 Å². The van der Waals surface area contributed by atoms with Gasteiger partial charge in [-0.3, -0.25) is 0 Å². The van der Waals surface area contributed by atoms with E-state index in [0.29, 0.717) is 18.3 Å². The minimum atomic E-state index is 0.220. The molecule has 1 aromatic heterocycles. The summed E-state index contributed by atoms with van der Waals surface area (Å²) in [5, 5.41) is 9.40. The number of nitrogens with zero attached hydrogens (tertiary/aromatic N) is 2. The Balaban J connectivity index is 1.72. The molecule has 1 atom stereocenters. The highest BCUT2D eigenvalue weighted by atomic mass is 16.5. The first-order valence-electron chi connectivity index (χ1n) is 6.67. The number of aryl methyl sites for hydroxylation is 1. The second-order valence-corrected chi connectivity index (χ2v) is 5.22. The van der Waals surface area contributed by atoms with Crippen molar-refractivity contribution >= 4 is 0 Å². The number of ether oxygens (including phenoxy) is 1. The fourth-order valence-corrected chi connectivity index (χ4v) is 2.51. The molecular formula is C15H18N2O2. The molecule has 1 aliphatic rings. The van der Waals surface area contributed by atoms with Crippen LogP contribution in [-0.2, 0) is 19.6 Å². The summed E-state index contributed by atoms with van der Waals surface area (Å²) in [5.41, 5.74) is 2.30. The van der Waals surface area contributed by atoms with Crippen LogP contribution < -0.4 is 4.74 Å². The van der Waals surface area contributed by atoms with Crippen molar-refractivity contribution < 1.29 is 9.84 Å². The van der Waals surface area contributed by atoms with Crippen molar-refractivity contribution in [3.63, 3.8) is 0 Å². The Morgan fingerprint density at radius 3 is 3.21 bits per heavy atom. The SMILES string of the molecule is CC1CCn2cnc(COc3cccc(O)c3)c2C1. The van der Waals surface area contributed by atoms with Crippen LogP contribution in [0, 0.1) is 5.92 Å². The molecule has 0 fully saturated rings. The summed E-state index contributed by atoms with van der Waals surface area (Å²) in [4.78, 5) is 4.45. The minimum Gasteiger partial charge on any atom is -0.508 e. The van der Waals surface area contributed by atoms with Gasteiger partial charge in [-0.15, -0.1) is 0 Å². The van der Waals surface area contributed by atoms with Crippen LogP contribution in [0.1, 0.15) is 24.7 Å². The number of imidazole rings is 1. The lowest BCUT2D eigenvalue weighted by Gasteiger charge is -2.21. The third kappa shape index (κ3) is 2.57. The zero-order valence-electron chi connectivity index (χ0n) is 11.0. The number of phenols is 1. The van der Waals surface area contributed by atoms with Crippen molar-refractivity contribution in [1.82, 2.24) is 9.55 Å². The molecule has 0 saturated heterocycles. The van der Waals surface area contributed by atoms with E-state index in [0.717, 1.165) is 18.7 Å². The smallest absolute Gasteiger partial charge is 0.132 e. The average molecular weight is 258 g/mol. The normalized spacial score (nSPS) is 18.1. The molecule has 0 bridgehead atoms. The van der Waals surface area contributed by atoms with E-state index >= 15 is 0 Å². The third-order valence-corrected chi connectivity index (χ3v) is 3.63. The first-order chi connectivity index (χ1) is 9.22. The Kier molecular flexibility index (Phi) is 3.15. The summed E-state index contributed by atoms with van der Waals surface area (Å²) < 4.78 is 7.92. The molecule has 2 aromatic rings. The van der Waals surface area contributed by atoms with Crippen LogP contribution in [0.15, 0.2) is 30.6 Å². The monoisotopic (exact) mass is 258 g/mol. The van der Waals surface area contributed by atoms with Gasteiger partial charge in [0.25, 0.3) is 0 Å². The van der Waals surface area contributed by atoms with E-state index in [1.54, 1.807) is 18.2 Å². The summed E-state index contributed by atoms with van der Waals surface area (Å²) in [6.07, 6.45) is 4.19. The van der Waals surface area contributed by atoms with Crippen LogP contribution >= 0.6 is 0 Å².